The van der Waals surface area contributed by atoms with Gasteiger partial charge in [0.05, 0.1) is 6.04 Å². The largest absolute Gasteiger partial charge is 0.355 e. The van der Waals surface area contributed by atoms with E-state index < -0.39 is 0 Å². The van der Waals surface area contributed by atoms with Gasteiger partial charge in [-0.2, -0.15) is 0 Å². The Hall–Kier alpha value is -0.0400. The van der Waals surface area contributed by atoms with Gasteiger partial charge in [0.25, 0.3) is 0 Å². The molecular formula is C5H14N+. The fraction of sp³-hybridized carbons (Fsp3) is 1.00. The van der Waals surface area contributed by atoms with Crippen LogP contribution in [0.2, 0.25) is 0 Å². The Morgan fingerprint density at radius 2 is 2.17 bits per heavy atom. The van der Waals surface area contributed by atoms with Gasteiger partial charge < -0.3 is 5.73 Å². The first-order valence-electron chi connectivity index (χ1n) is 2.60. The quantitative estimate of drug-likeness (QED) is 0.506. The SMILES string of the molecule is CCCC(C)[NH3+]. The monoisotopic (exact) mass is 88.1 g/mol. The van der Waals surface area contributed by atoms with Crippen LogP contribution in [0.1, 0.15) is 26.7 Å². The number of hydrogen-bond acceptors (Lipinski definition) is 0. The van der Waals surface area contributed by atoms with Crippen molar-refractivity contribution in [3.63, 3.8) is 0 Å². The van der Waals surface area contributed by atoms with E-state index in [1.54, 1.807) is 0 Å². The van der Waals surface area contributed by atoms with E-state index >= 15 is 0 Å². The maximum Gasteiger partial charge on any atom is 0.0814 e. The van der Waals surface area contributed by atoms with E-state index in [1.807, 2.05) is 0 Å². The van der Waals surface area contributed by atoms with Crippen LogP contribution in [-0.4, -0.2) is 6.04 Å². The molecule has 38 valence electrons. The van der Waals surface area contributed by atoms with Gasteiger partial charge in [-0.25, -0.2) is 0 Å². The molecule has 0 heterocycles. The zero-order chi connectivity index (χ0) is 4.99. The van der Waals surface area contributed by atoms with Crippen LogP contribution in [0.4, 0.5) is 0 Å². The topological polar surface area (TPSA) is 27.6 Å². The molecule has 0 spiro atoms. The molecule has 0 fully saturated rings. The molecule has 1 nitrogen and oxygen atoms in total. The van der Waals surface area contributed by atoms with Gasteiger partial charge in [-0.05, 0) is 13.3 Å². The molecular weight excluding hydrogens is 74.1 g/mol. The van der Waals surface area contributed by atoms with Crippen LogP contribution in [0.5, 0.6) is 0 Å². The molecule has 6 heavy (non-hydrogen) atoms. The normalized spacial score (nSPS) is 14.5. The summed E-state index contributed by atoms with van der Waals surface area (Å²) in [4.78, 5) is 0. The summed E-state index contributed by atoms with van der Waals surface area (Å²) in [5, 5.41) is 0. The molecule has 0 saturated heterocycles. The van der Waals surface area contributed by atoms with Crippen molar-refractivity contribution in [1.82, 2.24) is 0 Å². The van der Waals surface area contributed by atoms with E-state index in [1.165, 1.54) is 12.8 Å². The summed E-state index contributed by atoms with van der Waals surface area (Å²) in [6.45, 7) is 4.32. The molecule has 1 atom stereocenters. The third-order valence-corrected chi connectivity index (χ3v) is 0.781. The molecule has 0 bridgehead atoms. The van der Waals surface area contributed by atoms with Crippen LogP contribution in [0, 0.1) is 0 Å². The first-order chi connectivity index (χ1) is 2.77. The minimum Gasteiger partial charge on any atom is -0.355 e. The van der Waals surface area contributed by atoms with Crippen molar-refractivity contribution in [3.8, 4) is 0 Å². The fourth-order valence-corrected chi connectivity index (χ4v) is 0.493. The number of rotatable bonds is 2. The Morgan fingerprint density at radius 3 is 2.17 bits per heavy atom. The van der Waals surface area contributed by atoms with E-state index in [4.69, 9.17) is 0 Å². The maximum absolute atomic E-state index is 3.83. The van der Waals surface area contributed by atoms with Crippen LogP contribution < -0.4 is 5.73 Å². The van der Waals surface area contributed by atoms with Crippen molar-refractivity contribution in [1.29, 1.82) is 0 Å². The van der Waals surface area contributed by atoms with Crippen molar-refractivity contribution in [3.05, 3.63) is 0 Å². The number of quaternary nitrogens is 1. The molecule has 0 aromatic heterocycles. The fourth-order valence-electron chi connectivity index (χ4n) is 0.493. The minimum absolute atomic E-state index is 0.648. The summed E-state index contributed by atoms with van der Waals surface area (Å²) in [5.41, 5.74) is 3.83. The van der Waals surface area contributed by atoms with Crippen molar-refractivity contribution in [2.75, 3.05) is 0 Å². The molecule has 0 aliphatic heterocycles. The van der Waals surface area contributed by atoms with Gasteiger partial charge in [0.1, 0.15) is 0 Å². The van der Waals surface area contributed by atoms with E-state index in [0.29, 0.717) is 6.04 Å². The summed E-state index contributed by atoms with van der Waals surface area (Å²) in [7, 11) is 0. The summed E-state index contributed by atoms with van der Waals surface area (Å²) in [6.07, 6.45) is 2.53. The van der Waals surface area contributed by atoms with Gasteiger partial charge in [0, 0.05) is 0 Å². The zero-order valence-corrected chi connectivity index (χ0v) is 4.70. The molecule has 1 unspecified atom stereocenters. The lowest BCUT2D eigenvalue weighted by Crippen LogP contribution is -2.58. The molecule has 0 rings (SSSR count). The molecule has 0 aromatic rings. The third-order valence-electron chi connectivity index (χ3n) is 0.781. The van der Waals surface area contributed by atoms with Crippen molar-refractivity contribution >= 4 is 0 Å². The molecule has 0 aromatic carbocycles. The molecule has 0 saturated carbocycles. The molecule has 1 heteroatoms. The second kappa shape index (κ2) is 3.16. The van der Waals surface area contributed by atoms with E-state index in [9.17, 15) is 0 Å². The second-order valence-electron chi connectivity index (χ2n) is 1.89. The first kappa shape index (κ1) is 5.96. The van der Waals surface area contributed by atoms with Gasteiger partial charge in [-0.3, -0.25) is 0 Å². The van der Waals surface area contributed by atoms with Crippen LogP contribution >= 0.6 is 0 Å². The van der Waals surface area contributed by atoms with Crippen molar-refractivity contribution in [2.24, 2.45) is 0 Å². The van der Waals surface area contributed by atoms with E-state index in [2.05, 4.69) is 19.6 Å². The Balaban J connectivity index is 2.63. The third kappa shape index (κ3) is 3.96. The minimum atomic E-state index is 0.648. The second-order valence-corrected chi connectivity index (χ2v) is 1.89. The summed E-state index contributed by atoms with van der Waals surface area (Å²) >= 11 is 0. The maximum atomic E-state index is 3.83. The average Bonchev–Trinajstić information content (AvgIpc) is 1.35. The van der Waals surface area contributed by atoms with Crippen molar-refractivity contribution < 1.29 is 5.73 Å². The highest BCUT2D eigenvalue weighted by Gasteiger charge is 1.89. The molecule has 0 aliphatic carbocycles. The Morgan fingerprint density at radius 1 is 1.67 bits per heavy atom. The number of hydrogen-bond donors (Lipinski definition) is 1. The lowest BCUT2D eigenvalue weighted by molar-refractivity contribution is -0.415. The van der Waals surface area contributed by atoms with Gasteiger partial charge >= 0.3 is 0 Å². The lowest BCUT2D eigenvalue weighted by atomic mass is 10.2. The molecule has 0 amide bonds. The van der Waals surface area contributed by atoms with Crippen LogP contribution in [-0.2, 0) is 0 Å². The Labute approximate surface area is 39.5 Å². The highest BCUT2D eigenvalue weighted by Crippen LogP contribution is 1.86. The highest BCUT2D eigenvalue weighted by molar-refractivity contribution is 4.38. The zero-order valence-electron chi connectivity index (χ0n) is 4.70. The van der Waals surface area contributed by atoms with Crippen LogP contribution in [0.25, 0.3) is 0 Å². The molecule has 0 radical (unpaired) electrons. The summed E-state index contributed by atoms with van der Waals surface area (Å²) in [5.74, 6) is 0. The van der Waals surface area contributed by atoms with Crippen LogP contribution in [0.3, 0.4) is 0 Å². The predicted octanol–water partition coefficient (Wildman–Crippen LogP) is 0.417. The Kier molecular flexibility index (Phi) is 3.14. The van der Waals surface area contributed by atoms with Crippen molar-refractivity contribution in [2.45, 2.75) is 32.7 Å². The molecule has 0 aliphatic rings. The smallest absolute Gasteiger partial charge is 0.0814 e. The lowest BCUT2D eigenvalue weighted by Gasteiger charge is -1.93. The summed E-state index contributed by atoms with van der Waals surface area (Å²) < 4.78 is 0. The Bertz CT molecular complexity index is 25.1. The predicted molar refractivity (Wildman–Crippen MR) is 27.3 cm³/mol. The van der Waals surface area contributed by atoms with E-state index in [-0.39, 0.29) is 0 Å². The molecule has 3 N–H and O–H groups in total. The van der Waals surface area contributed by atoms with E-state index in [0.717, 1.165) is 0 Å². The first-order valence-corrected chi connectivity index (χ1v) is 2.60. The average molecular weight is 88.2 g/mol. The van der Waals surface area contributed by atoms with Gasteiger partial charge in [-0.1, -0.05) is 13.3 Å². The van der Waals surface area contributed by atoms with Crippen LogP contribution in [0.15, 0.2) is 0 Å². The van der Waals surface area contributed by atoms with Gasteiger partial charge in [0.2, 0.25) is 0 Å². The highest BCUT2D eigenvalue weighted by atomic mass is 14.6. The standard InChI is InChI=1S/C5H13N/c1-3-4-5(2)6/h5H,3-4,6H2,1-2H3/p+1. The van der Waals surface area contributed by atoms with Gasteiger partial charge in [0.15, 0.2) is 0 Å². The summed E-state index contributed by atoms with van der Waals surface area (Å²) in [6, 6.07) is 0.648. The van der Waals surface area contributed by atoms with Gasteiger partial charge in [-0.15, -0.1) is 0 Å².